The Bertz CT molecular complexity index is 594. The van der Waals surface area contributed by atoms with E-state index in [1.807, 2.05) is 0 Å². The van der Waals surface area contributed by atoms with Crippen molar-refractivity contribution in [2.24, 2.45) is 0 Å². The van der Waals surface area contributed by atoms with E-state index in [0.717, 1.165) is 12.1 Å². The molecule has 0 saturated carbocycles. The van der Waals surface area contributed by atoms with Crippen molar-refractivity contribution in [2.45, 2.75) is 17.9 Å². The summed E-state index contributed by atoms with van der Waals surface area (Å²) in [6, 6.07) is 1.87. The Kier molecular flexibility index (Phi) is 4.14. The minimum absolute atomic E-state index is 0.181. The molecule has 106 valence electrons. The molecule has 0 radical (unpaired) electrons. The Labute approximate surface area is 119 Å². The zero-order valence-electron chi connectivity index (χ0n) is 10.3. The molecule has 0 aromatic heterocycles. The van der Waals surface area contributed by atoms with E-state index < -0.39 is 20.7 Å². The lowest BCUT2D eigenvalue weighted by Gasteiger charge is -2.32. The molecule has 0 amide bonds. The summed E-state index contributed by atoms with van der Waals surface area (Å²) in [6.45, 7) is 2.53. The normalized spacial score (nSPS) is 21.5. The van der Waals surface area contributed by atoms with Crippen LogP contribution in [0, 0.1) is 5.82 Å². The summed E-state index contributed by atoms with van der Waals surface area (Å²) in [5.41, 5.74) is 5.81. The average molecular weight is 353 g/mol. The Balaban J connectivity index is 2.47. The molecule has 0 spiro atoms. The maximum atomic E-state index is 13.9. The standard InChI is InChI=1S/C11H14BrFN2O3S/c1-7-6-18-3-2-15(7)19(16,17)11-5-10(14)8(12)4-9(11)13/h4-5,7H,2-3,6,14H2,1H3/t7-/m1/s1. The molecule has 0 bridgehead atoms. The lowest BCUT2D eigenvalue weighted by atomic mass is 10.3. The fourth-order valence-corrected chi connectivity index (χ4v) is 3.94. The first-order valence-electron chi connectivity index (χ1n) is 5.68. The number of morpholine rings is 1. The van der Waals surface area contributed by atoms with Crippen LogP contribution in [0.15, 0.2) is 21.5 Å². The van der Waals surface area contributed by atoms with E-state index in [-0.39, 0.29) is 18.3 Å². The summed E-state index contributed by atoms with van der Waals surface area (Å²) in [5, 5.41) is 0. The molecule has 0 aliphatic carbocycles. The van der Waals surface area contributed by atoms with E-state index in [0.29, 0.717) is 17.7 Å². The molecular weight excluding hydrogens is 339 g/mol. The smallest absolute Gasteiger partial charge is 0.246 e. The van der Waals surface area contributed by atoms with Gasteiger partial charge < -0.3 is 10.5 Å². The Morgan fingerprint density at radius 1 is 1.53 bits per heavy atom. The summed E-state index contributed by atoms with van der Waals surface area (Å²) in [4.78, 5) is -0.401. The minimum Gasteiger partial charge on any atom is -0.398 e. The van der Waals surface area contributed by atoms with Crippen molar-refractivity contribution in [3.05, 3.63) is 22.4 Å². The lowest BCUT2D eigenvalue weighted by Crippen LogP contribution is -2.47. The van der Waals surface area contributed by atoms with Crippen molar-refractivity contribution >= 4 is 31.6 Å². The number of benzene rings is 1. The first-order chi connectivity index (χ1) is 8.84. The zero-order chi connectivity index (χ0) is 14.2. The van der Waals surface area contributed by atoms with E-state index >= 15 is 0 Å². The summed E-state index contributed by atoms with van der Waals surface area (Å²) < 4.78 is 45.5. The van der Waals surface area contributed by atoms with Crippen LogP contribution in [0.5, 0.6) is 0 Å². The molecule has 5 nitrogen and oxygen atoms in total. The van der Waals surface area contributed by atoms with Gasteiger partial charge in [0.05, 0.1) is 13.2 Å². The SMILES string of the molecule is C[C@@H]1COCCN1S(=O)(=O)c1cc(N)c(Br)cc1F. The van der Waals surface area contributed by atoms with Gasteiger partial charge in [0.25, 0.3) is 0 Å². The van der Waals surface area contributed by atoms with Crippen LogP contribution < -0.4 is 5.73 Å². The fraction of sp³-hybridized carbons (Fsp3) is 0.455. The van der Waals surface area contributed by atoms with Crippen LogP contribution in [0.25, 0.3) is 0 Å². The molecule has 1 aromatic carbocycles. The molecule has 0 unspecified atom stereocenters. The predicted molar refractivity (Wildman–Crippen MR) is 72.7 cm³/mol. The number of nitrogen functional groups attached to an aromatic ring is 1. The van der Waals surface area contributed by atoms with Gasteiger partial charge >= 0.3 is 0 Å². The quantitative estimate of drug-likeness (QED) is 0.820. The monoisotopic (exact) mass is 352 g/mol. The van der Waals surface area contributed by atoms with Crippen molar-refractivity contribution in [1.29, 1.82) is 0 Å². The molecule has 1 aliphatic heterocycles. The molecule has 1 saturated heterocycles. The highest BCUT2D eigenvalue weighted by Crippen LogP contribution is 2.29. The molecule has 1 aliphatic rings. The van der Waals surface area contributed by atoms with Crippen LogP contribution in [-0.2, 0) is 14.8 Å². The molecule has 2 rings (SSSR count). The number of nitrogens with zero attached hydrogens (tertiary/aromatic N) is 1. The van der Waals surface area contributed by atoms with Gasteiger partial charge in [-0.05, 0) is 35.0 Å². The molecule has 1 heterocycles. The van der Waals surface area contributed by atoms with Gasteiger partial charge in [0.2, 0.25) is 10.0 Å². The maximum Gasteiger partial charge on any atom is 0.246 e. The molecule has 1 atom stereocenters. The van der Waals surface area contributed by atoms with Crippen LogP contribution >= 0.6 is 15.9 Å². The van der Waals surface area contributed by atoms with Crippen molar-refractivity contribution in [2.75, 3.05) is 25.5 Å². The van der Waals surface area contributed by atoms with Gasteiger partial charge in [-0.1, -0.05) is 0 Å². The minimum atomic E-state index is -3.90. The number of ether oxygens (including phenoxy) is 1. The highest BCUT2D eigenvalue weighted by Gasteiger charge is 2.33. The van der Waals surface area contributed by atoms with Crippen molar-refractivity contribution in [1.82, 2.24) is 4.31 Å². The van der Waals surface area contributed by atoms with Crippen LogP contribution in [0.2, 0.25) is 0 Å². The van der Waals surface area contributed by atoms with Crippen LogP contribution in [-0.4, -0.2) is 38.5 Å². The van der Waals surface area contributed by atoms with Crippen LogP contribution in [0.3, 0.4) is 0 Å². The molecule has 1 aromatic rings. The van der Waals surface area contributed by atoms with Crippen molar-refractivity contribution < 1.29 is 17.5 Å². The number of sulfonamides is 1. The molecule has 1 fully saturated rings. The van der Waals surface area contributed by atoms with Crippen molar-refractivity contribution in [3.8, 4) is 0 Å². The highest BCUT2D eigenvalue weighted by atomic mass is 79.9. The number of halogens is 2. The molecule has 8 heteroatoms. The van der Waals surface area contributed by atoms with Crippen LogP contribution in [0.1, 0.15) is 6.92 Å². The molecule has 2 N–H and O–H groups in total. The second-order valence-electron chi connectivity index (χ2n) is 4.34. The number of hydrogen-bond donors (Lipinski definition) is 1. The third kappa shape index (κ3) is 2.76. The van der Waals surface area contributed by atoms with E-state index in [1.165, 1.54) is 4.31 Å². The van der Waals surface area contributed by atoms with Gasteiger partial charge in [0.15, 0.2) is 0 Å². The maximum absolute atomic E-state index is 13.9. The lowest BCUT2D eigenvalue weighted by molar-refractivity contribution is 0.0392. The highest BCUT2D eigenvalue weighted by molar-refractivity contribution is 9.10. The Morgan fingerprint density at radius 3 is 2.84 bits per heavy atom. The summed E-state index contributed by atoms with van der Waals surface area (Å²) in [6.07, 6.45) is 0. The van der Waals surface area contributed by atoms with E-state index in [2.05, 4.69) is 15.9 Å². The van der Waals surface area contributed by atoms with Crippen molar-refractivity contribution in [3.63, 3.8) is 0 Å². The van der Waals surface area contributed by atoms with Gasteiger partial charge in [-0.2, -0.15) is 4.31 Å². The first-order valence-corrected chi connectivity index (χ1v) is 7.91. The second kappa shape index (κ2) is 5.35. The zero-order valence-corrected chi connectivity index (χ0v) is 12.7. The number of anilines is 1. The van der Waals surface area contributed by atoms with E-state index in [1.54, 1.807) is 6.92 Å². The summed E-state index contributed by atoms with van der Waals surface area (Å²) in [7, 11) is -3.90. The largest absolute Gasteiger partial charge is 0.398 e. The number of hydrogen-bond acceptors (Lipinski definition) is 4. The van der Waals surface area contributed by atoms with Gasteiger partial charge in [-0.25, -0.2) is 12.8 Å². The summed E-state index contributed by atoms with van der Waals surface area (Å²) in [5.74, 6) is -0.820. The predicted octanol–water partition coefficient (Wildman–Crippen LogP) is 1.58. The number of rotatable bonds is 2. The third-order valence-electron chi connectivity index (χ3n) is 2.94. The Hall–Kier alpha value is -0.700. The van der Waals surface area contributed by atoms with E-state index in [4.69, 9.17) is 10.5 Å². The molecule has 19 heavy (non-hydrogen) atoms. The summed E-state index contributed by atoms with van der Waals surface area (Å²) >= 11 is 3.06. The van der Waals surface area contributed by atoms with Gasteiger partial charge in [-0.15, -0.1) is 0 Å². The second-order valence-corrected chi connectivity index (χ2v) is 7.06. The first kappa shape index (κ1) is 14.7. The number of nitrogens with two attached hydrogens (primary N) is 1. The Morgan fingerprint density at radius 2 is 2.21 bits per heavy atom. The molecular formula is C11H14BrFN2O3S. The third-order valence-corrected chi connectivity index (χ3v) is 5.66. The fourth-order valence-electron chi connectivity index (χ4n) is 1.94. The topological polar surface area (TPSA) is 72.6 Å². The van der Waals surface area contributed by atoms with E-state index in [9.17, 15) is 12.8 Å². The van der Waals surface area contributed by atoms with Gasteiger partial charge in [0.1, 0.15) is 10.7 Å². The van der Waals surface area contributed by atoms with Gasteiger partial charge in [-0.3, -0.25) is 0 Å². The average Bonchev–Trinajstić information content (AvgIpc) is 2.34. The van der Waals surface area contributed by atoms with Gasteiger partial charge in [0, 0.05) is 22.7 Å². The van der Waals surface area contributed by atoms with Crippen LogP contribution in [0.4, 0.5) is 10.1 Å².